The lowest BCUT2D eigenvalue weighted by Gasteiger charge is -2.11. The number of nitrogen functional groups attached to an aromatic ring is 1. The maximum Gasteiger partial charge on any atom is 0.433 e. The summed E-state index contributed by atoms with van der Waals surface area (Å²) in [5.74, 6) is -1.39. The van der Waals surface area contributed by atoms with Crippen LogP contribution in [-0.2, 0) is 6.18 Å². The van der Waals surface area contributed by atoms with Gasteiger partial charge in [0.15, 0.2) is 5.69 Å². The molecular formula is C14H9F3N4O2. The molecule has 0 unspecified atom stereocenters. The summed E-state index contributed by atoms with van der Waals surface area (Å²) in [7, 11) is 0. The fourth-order valence-corrected chi connectivity index (χ4v) is 2.19. The second kappa shape index (κ2) is 4.97. The number of hydrogen-bond donors (Lipinski definition) is 2. The Kier molecular flexibility index (Phi) is 3.20. The van der Waals surface area contributed by atoms with E-state index in [9.17, 15) is 18.0 Å². The number of pyridine rings is 1. The summed E-state index contributed by atoms with van der Waals surface area (Å²) in [4.78, 5) is 14.8. The molecular weight excluding hydrogens is 313 g/mol. The van der Waals surface area contributed by atoms with Crippen LogP contribution in [0.15, 0.2) is 36.5 Å². The highest BCUT2D eigenvalue weighted by atomic mass is 19.4. The number of benzene rings is 1. The van der Waals surface area contributed by atoms with E-state index in [4.69, 9.17) is 10.8 Å². The number of aromatic nitrogens is 3. The van der Waals surface area contributed by atoms with Crippen LogP contribution in [0, 0.1) is 0 Å². The summed E-state index contributed by atoms with van der Waals surface area (Å²) in [5.41, 5.74) is 3.88. The Balaban J connectivity index is 2.25. The Morgan fingerprint density at radius 2 is 1.96 bits per heavy atom. The molecule has 2 aromatic heterocycles. The standard InChI is InChI=1S/C14H9F3N4O2/c15-14(16,17)11-6-10(13(22)23)20-21(11)8-2-1-7-3-4-19-12(18)9(7)5-8/h1-6H,(H2,18,19)(H,22,23). The van der Waals surface area contributed by atoms with Crippen molar-refractivity contribution in [3.8, 4) is 5.69 Å². The topological polar surface area (TPSA) is 94.0 Å². The first kappa shape index (κ1) is 14.8. The van der Waals surface area contributed by atoms with Gasteiger partial charge in [-0.25, -0.2) is 14.5 Å². The van der Waals surface area contributed by atoms with E-state index in [1.54, 1.807) is 12.1 Å². The molecule has 0 aliphatic rings. The third-order valence-corrected chi connectivity index (χ3v) is 3.24. The first-order valence-corrected chi connectivity index (χ1v) is 6.32. The summed E-state index contributed by atoms with van der Waals surface area (Å²) >= 11 is 0. The quantitative estimate of drug-likeness (QED) is 0.756. The molecule has 9 heteroatoms. The van der Waals surface area contributed by atoms with Gasteiger partial charge >= 0.3 is 12.1 Å². The number of hydrogen-bond acceptors (Lipinski definition) is 4. The molecule has 0 saturated heterocycles. The van der Waals surface area contributed by atoms with Crippen LogP contribution < -0.4 is 5.73 Å². The van der Waals surface area contributed by atoms with Gasteiger partial charge in [0.1, 0.15) is 11.5 Å². The molecule has 0 aliphatic heterocycles. The number of aromatic carboxylic acids is 1. The predicted molar refractivity (Wildman–Crippen MR) is 75.2 cm³/mol. The van der Waals surface area contributed by atoms with E-state index in [-0.39, 0.29) is 11.5 Å². The van der Waals surface area contributed by atoms with E-state index in [0.29, 0.717) is 21.5 Å². The number of nitrogens with two attached hydrogens (primary N) is 1. The molecule has 0 radical (unpaired) electrons. The molecule has 3 N–H and O–H groups in total. The van der Waals surface area contributed by atoms with Gasteiger partial charge in [-0.2, -0.15) is 18.3 Å². The number of rotatable bonds is 2. The SMILES string of the molecule is Nc1nccc2ccc(-n3nc(C(=O)O)cc3C(F)(F)F)cc12. The normalized spacial score (nSPS) is 11.8. The molecule has 0 amide bonds. The smallest absolute Gasteiger partial charge is 0.433 e. The third-order valence-electron chi connectivity index (χ3n) is 3.24. The molecule has 23 heavy (non-hydrogen) atoms. The second-order valence-corrected chi connectivity index (χ2v) is 4.73. The molecule has 0 bridgehead atoms. The molecule has 3 aromatic rings. The van der Waals surface area contributed by atoms with Gasteiger partial charge in [-0.3, -0.25) is 0 Å². The molecule has 0 atom stereocenters. The average Bonchev–Trinajstić information content (AvgIpc) is 2.93. The Bertz CT molecular complexity index is 918. The van der Waals surface area contributed by atoms with Crippen molar-refractivity contribution in [1.82, 2.24) is 14.8 Å². The lowest BCUT2D eigenvalue weighted by atomic mass is 10.1. The number of nitrogens with zero attached hydrogens (tertiary/aromatic N) is 3. The first-order chi connectivity index (χ1) is 10.8. The highest BCUT2D eigenvalue weighted by molar-refractivity contribution is 5.92. The van der Waals surface area contributed by atoms with Gasteiger partial charge in [-0.15, -0.1) is 0 Å². The van der Waals surface area contributed by atoms with E-state index < -0.39 is 23.5 Å². The minimum absolute atomic E-state index is 0.0389. The molecule has 0 fully saturated rings. The maximum absolute atomic E-state index is 13.1. The fourth-order valence-electron chi connectivity index (χ4n) is 2.19. The van der Waals surface area contributed by atoms with Gasteiger partial charge in [0.25, 0.3) is 0 Å². The second-order valence-electron chi connectivity index (χ2n) is 4.73. The van der Waals surface area contributed by atoms with Gasteiger partial charge in [-0.1, -0.05) is 6.07 Å². The molecule has 1 aromatic carbocycles. The zero-order valence-electron chi connectivity index (χ0n) is 11.4. The van der Waals surface area contributed by atoms with Crippen LogP contribution in [0.25, 0.3) is 16.5 Å². The van der Waals surface area contributed by atoms with Crippen molar-refractivity contribution in [2.45, 2.75) is 6.18 Å². The Morgan fingerprint density at radius 1 is 1.22 bits per heavy atom. The zero-order valence-corrected chi connectivity index (χ0v) is 11.4. The molecule has 3 rings (SSSR count). The number of carboxylic acid groups (broad SMARTS) is 1. The van der Waals surface area contributed by atoms with E-state index in [1.165, 1.54) is 18.3 Å². The van der Waals surface area contributed by atoms with Crippen molar-refractivity contribution < 1.29 is 23.1 Å². The fraction of sp³-hybridized carbons (Fsp3) is 0.0714. The van der Waals surface area contributed by atoms with Gasteiger partial charge < -0.3 is 10.8 Å². The molecule has 6 nitrogen and oxygen atoms in total. The van der Waals surface area contributed by atoms with Crippen LogP contribution in [0.1, 0.15) is 16.2 Å². The first-order valence-electron chi connectivity index (χ1n) is 6.32. The lowest BCUT2D eigenvalue weighted by molar-refractivity contribution is -0.142. The summed E-state index contributed by atoms with van der Waals surface area (Å²) in [5, 5.41) is 13.5. The van der Waals surface area contributed by atoms with Crippen molar-refractivity contribution in [3.63, 3.8) is 0 Å². The number of anilines is 1. The highest BCUT2D eigenvalue weighted by Crippen LogP contribution is 2.32. The summed E-state index contributed by atoms with van der Waals surface area (Å²) in [6.45, 7) is 0. The average molecular weight is 322 g/mol. The van der Waals surface area contributed by atoms with E-state index in [2.05, 4.69) is 10.1 Å². The number of carboxylic acids is 1. The predicted octanol–water partition coefficient (Wildman–Crippen LogP) is 2.72. The highest BCUT2D eigenvalue weighted by Gasteiger charge is 2.37. The minimum Gasteiger partial charge on any atom is -0.476 e. The van der Waals surface area contributed by atoms with Crippen molar-refractivity contribution in [1.29, 1.82) is 0 Å². The summed E-state index contributed by atoms with van der Waals surface area (Å²) in [6.07, 6.45) is -3.27. The zero-order chi connectivity index (χ0) is 16.8. The van der Waals surface area contributed by atoms with Crippen LogP contribution in [0.5, 0.6) is 0 Å². The molecule has 0 saturated carbocycles. The molecule has 2 heterocycles. The van der Waals surface area contributed by atoms with Crippen LogP contribution in [0.4, 0.5) is 19.0 Å². The van der Waals surface area contributed by atoms with Gasteiger partial charge in [-0.05, 0) is 23.6 Å². The third kappa shape index (κ3) is 2.56. The van der Waals surface area contributed by atoms with Gasteiger partial charge in [0, 0.05) is 17.6 Å². The molecule has 0 spiro atoms. The number of alkyl halides is 3. The monoisotopic (exact) mass is 322 g/mol. The van der Waals surface area contributed by atoms with Crippen LogP contribution in [0.2, 0.25) is 0 Å². The van der Waals surface area contributed by atoms with Crippen molar-refractivity contribution in [2.24, 2.45) is 0 Å². The Labute approximate surface area is 127 Å². The van der Waals surface area contributed by atoms with Crippen molar-refractivity contribution in [3.05, 3.63) is 47.9 Å². The largest absolute Gasteiger partial charge is 0.476 e. The summed E-state index contributed by atoms with van der Waals surface area (Å²) < 4.78 is 39.9. The van der Waals surface area contributed by atoms with Crippen LogP contribution >= 0.6 is 0 Å². The Morgan fingerprint density at radius 3 is 2.61 bits per heavy atom. The number of halogens is 3. The molecule has 118 valence electrons. The molecule has 0 aliphatic carbocycles. The van der Waals surface area contributed by atoms with Crippen molar-refractivity contribution >= 4 is 22.6 Å². The van der Waals surface area contributed by atoms with E-state index in [1.807, 2.05) is 0 Å². The van der Waals surface area contributed by atoms with Crippen LogP contribution in [-0.4, -0.2) is 25.8 Å². The number of fused-ring (bicyclic) bond motifs is 1. The van der Waals surface area contributed by atoms with E-state index in [0.717, 1.165) is 0 Å². The van der Waals surface area contributed by atoms with Gasteiger partial charge in [0.05, 0.1) is 5.69 Å². The van der Waals surface area contributed by atoms with E-state index >= 15 is 0 Å². The number of carbonyl (C=O) groups is 1. The maximum atomic E-state index is 13.1. The minimum atomic E-state index is -4.75. The Hall–Kier alpha value is -3.10. The summed E-state index contributed by atoms with van der Waals surface area (Å²) in [6, 6.07) is 6.48. The van der Waals surface area contributed by atoms with Crippen LogP contribution in [0.3, 0.4) is 0 Å². The lowest BCUT2D eigenvalue weighted by Crippen LogP contribution is -2.13. The van der Waals surface area contributed by atoms with Crippen molar-refractivity contribution in [2.75, 3.05) is 5.73 Å². The van der Waals surface area contributed by atoms with Gasteiger partial charge in [0.2, 0.25) is 0 Å².